The topological polar surface area (TPSA) is 228 Å². The second-order valence-electron chi connectivity index (χ2n) is 18.1. The molecule has 6 N–H and O–H groups in total. The summed E-state index contributed by atoms with van der Waals surface area (Å²) in [5, 5.41) is 31.2. The summed E-state index contributed by atoms with van der Waals surface area (Å²) in [6, 6.07) is 14.9. The minimum absolute atomic E-state index is 0.0868. The van der Waals surface area contributed by atoms with E-state index in [1.54, 1.807) is 55.6 Å². The van der Waals surface area contributed by atoms with Crippen LogP contribution in [0, 0.1) is 5.92 Å². The van der Waals surface area contributed by atoms with E-state index in [2.05, 4.69) is 51.7 Å². The minimum Gasteiger partial charge on any atom is -0.459 e. The van der Waals surface area contributed by atoms with E-state index >= 15 is 0 Å². The summed E-state index contributed by atoms with van der Waals surface area (Å²) in [7, 11) is 1.66. The number of methoxy groups -OCH3 is 1. The maximum absolute atomic E-state index is 14.2. The number of esters is 2. The number of ether oxygens (including phenoxy) is 5. The summed E-state index contributed by atoms with van der Waals surface area (Å²) in [5.74, 6) is -3.34. The largest absolute Gasteiger partial charge is 0.459 e. The molecule has 0 radical (unpaired) electrons. The average Bonchev–Trinajstić information content (AvgIpc) is 3.28. The molecule has 0 fully saturated rings. The van der Waals surface area contributed by atoms with Gasteiger partial charge in [-0.2, -0.15) is 0 Å². The van der Waals surface area contributed by atoms with Crippen LogP contribution in [0.4, 0.5) is 0 Å². The fraction of sp³-hybridized carbons (Fsp3) is 0.592. The SMILES string of the molecule is C=C(NC(=NCCCC(C)(C)OCCC(C)C)/C(=N\CNCCC(C)(C)OCCC(C)(C)OC)C(=O)NC(CO)C(=O)OCc1ccccc1)C(=O)NC(CO)C(=O)OCc1ccccc1. The first-order chi connectivity index (χ1) is 31.2. The standard InChI is InChI=1S/C49H76N6O11/c1-35(2)22-28-65-48(6,7)23-17-26-51-42(53-36(3)43(58)54-39(30-56)45(60)63-32-37-18-13-11-14-19-37)41(52-34-50-27-24-49(8,9)66-29-25-47(4,5)62-10)44(59)55-40(31-57)46(61)64-33-38-20-15-12-16-21-38/h11-16,18-21,35,39-40,50,56-57H,3,17,22-34H2,1-2,4-10H3,(H,51,53)(H,54,58)(H,55,59)/b52-41+. The van der Waals surface area contributed by atoms with Crippen LogP contribution in [0.15, 0.2) is 82.9 Å². The van der Waals surface area contributed by atoms with Crippen molar-refractivity contribution in [3.05, 3.63) is 84.1 Å². The number of hydrogen-bond donors (Lipinski definition) is 6. The van der Waals surface area contributed by atoms with E-state index in [0.717, 1.165) is 6.42 Å². The Hall–Kier alpha value is -5.04. The van der Waals surface area contributed by atoms with Gasteiger partial charge in [0.1, 0.15) is 13.2 Å². The van der Waals surface area contributed by atoms with Gasteiger partial charge >= 0.3 is 11.9 Å². The van der Waals surface area contributed by atoms with Crippen LogP contribution in [-0.2, 0) is 56.1 Å². The zero-order valence-electron chi connectivity index (χ0n) is 40.6. The summed E-state index contributed by atoms with van der Waals surface area (Å²) < 4.78 is 28.5. The van der Waals surface area contributed by atoms with Gasteiger partial charge in [0.25, 0.3) is 11.8 Å². The number of aliphatic imine (C=N–C) groups is 2. The molecule has 17 heteroatoms. The van der Waals surface area contributed by atoms with Crippen molar-refractivity contribution in [3.63, 3.8) is 0 Å². The lowest BCUT2D eigenvalue weighted by atomic mass is 10.0. The number of aliphatic hydroxyl groups is 2. The third kappa shape index (κ3) is 23.4. The second-order valence-corrected chi connectivity index (χ2v) is 18.1. The van der Waals surface area contributed by atoms with Crippen LogP contribution in [0.1, 0.15) is 98.6 Å². The van der Waals surface area contributed by atoms with Gasteiger partial charge in [-0.05, 0) is 97.2 Å². The quantitative estimate of drug-likeness (QED) is 0.0195. The van der Waals surface area contributed by atoms with Gasteiger partial charge in [0.2, 0.25) is 0 Å². The van der Waals surface area contributed by atoms with Crippen molar-refractivity contribution >= 4 is 35.3 Å². The van der Waals surface area contributed by atoms with E-state index in [1.165, 1.54) is 0 Å². The highest BCUT2D eigenvalue weighted by molar-refractivity contribution is 6.66. The summed E-state index contributed by atoms with van der Waals surface area (Å²) >= 11 is 0. The number of rotatable bonds is 32. The lowest BCUT2D eigenvalue weighted by Crippen LogP contribution is -2.52. The Morgan fingerprint density at radius 1 is 0.697 bits per heavy atom. The molecule has 66 heavy (non-hydrogen) atoms. The van der Waals surface area contributed by atoms with Crippen molar-refractivity contribution in [2.45, 2.75) is 130 Å². The molecule has 0 spiro atoms. The van der Waals surface area contributed by atoms with E-state index in [9.17, 15) is 29.4 Å². The maximum Gasteiger partial charge on any atom is 0.331 e. The molecule has 2 aromatic rings. The highest BCUT2D eigenvalue weighted by Crippen LogP contribution is 2.20. The zero-order chi connectivity index (χ0) is 49.2. The Morgan fingerprint density at radius 3 is 1.73 bits per heavy atom. The molecule has 2 rings (SSSR count). The summed E-state index contributed by atoms with van der Waals surface area (Å²) in [4.78, 5) is 63.0. The van der Waals surface area contributed by atoms with E-state index < -0.39 is 60.3 Å². The Kier molecular flexibility index (Phi) is 25.6. The molecule has 2 unspecified atom stereocenters. The molecule has 2 amide bonds. The molecule has 0 aliphatic carbocycles. The van der Waals surface area contributed by atoms with Gasteiger partial charge in [0.05, 0.1) is 49.0 Å². The lowest BCUT2D eigenvalue weighted by molar-refractivity contribution is -0.150. The molecule has 0 heterocycles. The first kappa shape index (κ1) is 57.1. The van der Waals surface area contributed by atoms with Gasteiger partial charge in [-0.1, -0.05) is 81.1 Å². The first-order valence-electron chi connectivity index (χ1n) is 22.5. The fourth-order valence-electron chi connectivity index (χ4n) is 5.81. The normalized spacial score (nSPS) is 13.5. The number of hydrogen-bond acceptors (Lipinski definition) is 14. The predicted molar refractivity (Wildman–Crippen MR) is 254 cm³/mol. The number of amides is 2. The number of carbonyl (C=O) groups is 4. The van der Waals surface area contributed by atoms with Crippen molar-refractivity contribution in [3.8, 4) is 0 Å². The molecule has 0 saturated heterocycles. The highest BCUT2D eigenvalue weighted by Gasteiger charge is 2.29. The van der Waals surface area contributed by atoms with Gasteiger partial charge < -0.3 is 49.8 Å². The van der Waals surface area contributed by atoms with Gasteiger partial charge in [-0.15, -0.1) is 0 Å². The number of benzene rings is 2. The average molecular weight is 925 g/mol. The van der Waals surface area contributed by atoms with Crippen LogP contribution in [0.2, 0.25) is 0 Å². The van der Waals surface area contributed by atoms with Crippen molar-refractivity contribution < 1.29 is 53.1 Å². The predicted octanol–water partition coefficient (Wildman–Crippen LogP) is 4.54. The third-order valence-electron chi connectivity index (χ3n) is 10.4. The summed E-state index contributed by atoms with van der Waals surface area (Å²) in [6.07, 6.45) is 3.25. The van der Waals surface area contributed by atoms with Crippen molar-refractivity contribution in [1.82, 2.24) is 21.3 Å². The Morgan fingerprint density at radius 2 is 1.21 bits per heavy atom. The van der Waals surface area contributed by atoms with Crippen LogP contribution in [0.5, 0.6) is 0 Å². The van der Waals surface area contributed by atoms with Crippen molar-refractivity contribution in [2.24, 2.45) is 15.9 Å². The third-order valence-corrected chi connectivity index (χ3v) is 10.4. The number of aliphatic hydroxyl groups excluding tert-OH is 2. The number of amidine groups is 1. The van der Waals surface area contributed by atoms with Crippen LogP contribution >= 0.6 is 0 Å². The molecular weight excluding hydrogens is 849 g/mol. The molecule has 0 aromatic heterocycles. The van der Waals surface area contributed by atoms with Crippen LogP contribution in [-0.4, -0.2) is 128 Å². The van der Waals surface area contributed by atoms with Crippen molar-refractivity contribution in [1.29, 1.82) is 0 Å². The van der Waals surface area contributed by atoms with E-state index in [-0.39, 0.29) is 49.3 Å². The van der Waals surface area contributed by atoms with Gasteiger partial charge in [0, 0.05) is 20.3 Å². The van der Waals surface area contributed by atoms with Gasteiger partial charge in [-0.3, -0.25) is 24.9 Å². The molecular formula is C49H76N6O11. The fourth-order valence-corrected chi connectivity index (χ4v) is 5.81. The number of carbonyl (C=O) groups excluding carboxylic acids is 4. The summed E-state index contributed by atoms with van der Waals surface area (Å²) in [5.41, 5.74) is -0.619. The van der Waals surface area contributed by atoms with Crippen LogP contribution < -0.4 is 21.3 Å². The molecule has 0 aliphatic heterocycles. The van der Waals surface area contributed by atoms with Gasteiger partial charge in [0.15, 0.2) is 23.6 Å². The number of nitrogens with one attached hydrogen (secondary N) is 4. The highest BCUT2D eigenvalue weighted by atomic mass is 16.5. The summed E-state index contributed by atoms with van der Waals surface area (Å²) in [6.45, 7) is 19.7. The Bertz CT molecular complexity index is 1850. The maximum atomic E-state index is 14.2. The zero-order valence-corrected chi connectivity index (χ0v) is 40.6. The van der Waals surface area contributed by atoms with E-state index in [0.29, 0.717) is 62.5 Å². The molecule has 0 bridgehead atoms. The lowest BCUT2D eigenvalue weighted by Gasteiger charge is -2.29. The van der Waals surface area contributed by atoms with Crippen molar-refractivity contribution in [2.75, 3.05) is 53.3 Å². The molecule has 17 nitrogen and oxygen atoms in total. The number of nitrogens with zero attached hydrogens (tertiary/aromatic N) is 2. The second kappa shape index (κ2) is 29.6. The first-order valence-corrected chi connectivity index (χ1v) is 22.5. The minimum atomic E-state index is -1.50. The molecule has 0 saturated carbocycles. The van der Waals surface area contributed by atoms with Crippen LogP contribution in [0.25, 0.3) is 0 Å². The van der Waals surface area contributed by atoms with Crippen LogP contribution in [0.3, 0.4) is 0 Å². The molecule has 368 valence electrons. The van der Waals surface area contributed by atoms with Gasteiger partial charge in [-0.25, -0.2) is 9.59 Å². The van der Waals surface area contributed by atoms with E-state index in [4.69, 9.17) is 23.7 Å². The smallest absolute Gasteiger partial charge is 0.331 e. The monoisotopic (exact) mass is 925 g/mol. The van der Waals surface area contributed by atoms with E-state index in [1.807, 2.05) is 53.7 Å². The molecule has 2 atom stereocenters. The Balaban J connectivity index is 2.41. The molecule has 2 aromatic carbocycles. The Labute approximate surface area is 391 Å². The molecule has 0 aliphatic rings.